The fourth-order valence-electron chi connectivity index (χ4n) is 1.33. The van der Waals surface area contributed by atoms with Crippen molar-refractivity contribution in [2.24, 2.45) is 0 Å². The van der Waals surface area contributed by atoms with Crippen LogP contribution in [0.1, 0.15) is 10.4 Å². The molecule has 0 aliphatic carbocycles. The number of nitrogens with one attached hydrogen (secondary N) is 2. The van der Waals surface area contributed by atoms with Gasteiger partial charge >= 0.3 is 5.97 Å². The average Bonchev–Trinajstić information content (AvgIpc) is 2.42. The Kier molecular flexibility index (Phi) is 5.95. The molecule has 20 heavy (non-hydrogen) atoms. The van der Waals surface area contributed by atoms with Crippen LogP contribution in [0.3, 0.4) is 0 Å². The van der Waals surface area contributed by atoms with Crippen LogP contribution in [0.2, 0.25) is 5.02 Å². The van der Waals surface area contributed by atoms with E-state index in [-0.39, 0.29) is 10.6 Å². The molecule has 0 bridgehead atoms. The van der Waals surface area contributed by atoms with E-state index in [2.05, 4.69) is 10.6 Å². The molecule has 7 nitrogen and oxygen atoms in total. The maximum atomic E-state index is 11.7. The zero-order valence-electron chi connectivity index (χ0n) is 10.3. The topological polar surface area (TPSA) is 116 Å². The lowest BCUT2D eigenvalue weighted by molar-refractivity contribution is -0.142. The molecule has 108 valence electrons. The van der Waals surface area contributed by atoms with Gasteiger partial charge < -0.3 is 20.8 Å². The molecular formula is C12H13ClN2O5. The molecule has 0 saturated heterocycles. The van der Waals surface area contributed by atoms with Gasteiger partial charge in [0.05, 0.1) is 23.7 Å². The predicted molar refractivity (Wildman–Crippen MR) is 70.4 cm³/mol. The van der Waals surface area contributed by atoms with E-state index in [1.165, 1.54) is 12.1 Å². The van der Waals surface area contributed by atoms with E-state index in [4.69, 9.17) is 21.8 Å². The lowest BCUT2D eigenvalue weighted by atomic mass is 10.2. The predicted octanol–water partition coefficient (Wildman–Crippen LogP) is -0.369. The van der Waals surface area contributed by atoms with Gasteiger partial charge in [0.15, 0.2) is 0 Å². The van der Waals surface area contributed by atoms with Crippen molar-refractivity contribution in [1.29, 1.82) is 0 Å². The van der Waals surface area contributed by atoms with Crippen molar-refractivity contribution in [3.63, 3.8) is 0 Å². The number of hydrogen-bond acceptors (Lipinski definition) is 4. The lowest BCUT2D eigenvalue weighted by Gasteiger charge is -2.12. The van der Waals surface area contributed by atoms with Crippen LogP contribution in [0.15, 0.2) is 24.3 Å². The Morgan fingerprint density at radius 1 is 1.25 bits per heavy atom. The Hall–Kier alpha value is -2.12. The molecule has 0 aliphatic rings. The van der Waals surface area contributed by atoms with Crippen molar-refractivity contribution in [3.8, 4) is 0 Å². The summed E-state index contributed by atoms with van der Waals surface area (Å²) in [5.41, 5.74) is 0.207. The van der Waals surface area contributed by atoms with Gasteiger partial charge in [-0.2, -0.15) is 0 Å². The highest BCUT2D eigenvalue weighted by molar-refractivity contribution is 6.33. The van der Waals surface area contributed by atoms with Crippen LogP contribution in [0.4, 0.5) is 0 Å². The summed E-state index contributed by atoms with van der Waals surface area (Å²) < 4.78 is 0. The smallest absolute Gasteiger partial charge is 0.328 e. The molecular weight excluding hydrogens is 288 g/mol. The molecule has 8 heteroatoms. The number of halogens is 1. The maximum absolute atomic E-state index is 11.7. The van der Waals surface area contributed by atoms with Crippen molar-refractivity contribution in [1.82, 2.24) is 10.6 Å². The second-order valence-electron chi connectivity index (χ2n) is 3.80. The summed E-state index contributed by atoms with van der Waals surface area (Å²) in [5, 5.41) is 22.0. The van der Waals surface area contributed by atoms with Crippen LogP contribution in [-0.2, 0) is 9.59 Å². The van der Waals surface area contributed by atoms with E-state index in [0.29, 0.717) is 0 Å². The first kappa shape index (κ1) is 15.9. The van der Waals surface area contributed by atoms with Crippen LogP contribution in [0.25, 0.3) is 0 Å². The fourth-order valence-corrected chi connectivity index (χ4v) is 1.55. The molecule has 1 aromatic rings. The highest BCUT2D eigenvalue weighted by Crippen LogP contribution is 2.14. The molecule has 0 saturated carbocycles. The maximum Gasteiger partial charge on any atom is 0.328 e. The van der Waals surface area contributed by atoms with Crippen LogP contribution in [-0.4, -0.2) is 47.2 Å². The highest BCUT2D eigenvalue weighted by Gasteiger charge is 2.19. The van der Waals surface area contributed by atoms with Gasteiger partial charge in [0.25, 0.3) is 5.91 Å². The van der Waals surface area contributed by atoms with Crippen molar-refractivity contribution in [2.75, 3.05) is 13.2 Å². The fraction of sp³-hybridized carbons (Fsp3) is 0.250. The number of aliphatic hydroxyl groups is 1. The molecule has 1 aromatic carbocycles. The van der Waals surface area contributed by atoms with Gasteiger partial charge in [0.1, 0.15) is 6.04 Å². The Morgan fingerprint density at radius 2 is 1.90 bits per heavy atom. The van der Waals surface area contributed by atoms with Crippen LogP contribution in [0, 0.1) is 0 Å². The second-order valence-corrected chi connectivity index (χ2v) is 4.21. The van der Waals surface area contributed by atoms with Gasteiger partial charge in [-0.25, -0.2) is 4.79 Å². The van der Waals surface area contributed by atoms with E-state index in [9.17, 15) is 14.4 Å². The summed E-state index contributed by atoms with van der Waals surface area (Å²) in [6.45, 7) is -1.16. The quantitative estimate of drug-likeness (QED) is 0.572. The third-order valence-corrected chi connectivity index (χ3v) is 2.67. The van der Waals surface area contributed by atoms with E-state index in [1.807, 2.05) is 0 Å². The van der Waals surface area contributed by atoms with E-state index in [1.54, 1.807) is 12.1 Å². The van der Waals surface area contributed by atoms with Gasteiger partial charge in [0.2, 0.25) is 5.91 Å². The number of carboxylic acids is 1. The molecule has 1 rings (SSSR count). The number of benzene rings is 1. The van der Waals surface area contributed by atoms with Crippen LogP contribution in [0.5, 0.6) is 0 Å². The van der Waals surface area contributed by atoms with Gasteiger partial charge in [-0.3, -0.25) is 9.59 Å². The molecule has 0 aliphatic heterocycles. The molecule has 0 heterocycles. The summed E-state index contributed by atoms with van der Waals surface area (Å²) in [6, 6.07) is 4.89. The molecule has 0 radical (unpaired) electrons. The van der Waals surface area contributed by atoms with Crippen molar-refractivity contribution < 1.29 is 24.6 Å². The number of rotatable bonds is 6. The normalized spacial score (nSPS) is 11.5. The molecule has 0 unspecified atom stereocenters. The minimum absolute atomic E-state index is 0.207. The molecule has 4 N–H and O–H groups in total. The largest absolute Gasteiger partial charge is 0.480 e. The third kappa shape index (κ3) is 4.52. The van der Waals surface area contributed by atoms with Gasteiger partial charge in [-0.15, -0.1) is 0 Å². The summed E-state index contributed by atoms with van der Waals surface area (Å²) in [4.78, 5) is 33.7. The molecule has 0 spiro atoms. The number of aliphatic carboxylic acids is 1. The summed E-state index contributed by atoms with van der Waals surface area (Å²) in [5.74, 6) is -2.65. The third-order valence-electron chi connectivity index (χ3n) is 2.34. The van der Waals surface area contributed by atoms with Crippen molar-refractivity contribution in [2.45, 2.75) is 6.04 Å². The van der Waals surface area contributed by atoms with Crippen LogP contribution >= 0.6 is 11.6 Å². The average molecular weight is 301 g/mol. The summed E-state index contributed by atoms with van der Waals surface area (Å²) >= 11 is 5.81. The Labute approximate surface area is 119 Å². The standard InChI is InChI=1S/C12H13ClN2O5/c13-8-4-2-1-3-7(8)11(18)14-5-10(17)15-9(6-16)12(19)20/h1-4,9,16H,5-6H2,(H,14,18)(H,15,17)(H,19,20)/t9-/m0/s1. The van der Waals surface area contributed by atoms with Gasteiger partial charge in [0, 0.05) is 0 Å². The molecule has 1 atom stereocenters. The summed E-state index contributed by atoms with van der Waals surface area (Å²) in [7, 11) is 0. The number of carbonyl (C=O) groups excluding carboxylic acids is 2. The monoisotopic (exact) mass is 300 g/mol. The first-order valence-corrected chi connectivity index (χ1v) is 5.99. The molecule has 0 aromatic heterocycles. The Balaban J connectivity index is 2.51. The number of carbonyl (C=O) groups is 3. The Bertz CT molecular complexity index is 520. The van der Waals surface area contributed by atoms with Crippen LogP contribution < -0.4 is 10.6 Å². The lowest BCUT2D eigenvalue weighted by Crippen LogP contribution is -2.47. The van der Waals surface area contributed by atoms with Crippen molar-refractivity contribution in [3.05, 3.63) is 34.9 Å². The minimum Gasteiger partial charge on any atom is -0.480 e. The highest BCUT2D eigenvalue weighted by atomic mass is 35.5. The number of carboxylic acid groups (broad SMARTS) is 1. The SMILES string of the molecule is O=C(CNC(=O)c1ccccc1Cl)N[C@@H](CO)C(=O)O. The Morgan fingerprint density at radius 3 is 2.45 bits per heavy atom. The van der Waals surface area contributed by atoms with Crippen molar-refractivity contribution >= 4 is 29.4 Å². The van der Waals surface area contributed by atoms with Gasteiger partial charge in [-0.1, -0.05) is 23.7 Å². The van der Waals surface area contributed by atoms with E-state index >= 15 is 0 Å². The van der Waals surface area contributed by atoms with E-state index < -0.39 is 37.0 Å². The number of amides is 2. The van der Waals surface area contributed by atoms with Gasteiger partial charge in [-0.05, 0) is 12.1 Å². The summed E-state index contributed by atoms with van der Waals surface area (Å²) in [6.07, 6.45) is 0. The zero-order valence-corrected chi connectivity index (χ0v) is 11.1. The number of hydrogen-bond donors (Lipinski definition) is 4. The molecule has 0 fully saturated rings. The van der Waals surface area contributed by atoms with E-state index in [0.717, 1.165) is 0 Å². The minimum atomic E-state index is -1.40. The zero-order chi connectivity index (χ0) is 15.1. The first-order valence-electron chi connectivity index (χ1n) is 5.61. The molecule has 2 amide bonds. The second kappa shape index (κ2) is 7.46. The first-order chi connectivity index (χ1) is 9.45. The number of aliphatic hydroxyl groups excluding tert-OH is 1.